The summed E-state index contributed by atoms with van der Waals surface area (Å²) in [6, 6.07) is 3.76. The molecule has 0 spiro atoms. The zero-order valence-electron chi connectivity index (χ0n) is 5.66. The molecule has 0 amide bonds. The highest BCUT2D eigenvalue weighted by atomic mass is 16.1. The standard InChI is InChI=1S/C7H10N2O/c8-5-7(10)6-9-3-1-2-4-9/h1-4H,5-6,8H2. The third kappa shape index (κ3) is 1.70. The Morgan fingerprint density at radius 2 is 2.00 bits per heavy atom. The summed E-state index contributed by atoms with van der Waals surface area (Å²) in [5, 5.41) is 0. The number of aromatic nitrogens is 1. The van der Waals surface area contributed by atoms with Gasteiger partial charge in [-0.15, -0.1) is 0 Å². The van der Waals surface area contributed by atoms with Crippen molar-refractivity contribution in [2.45, 2.75) is 6.54 Å². The first kappa shape index (κ1) is 7.02. The van der Waals surface area contributed by atoms with Crippen LogP contribution in [0.3, 0.4) is 0 Å². The van der Waals surface area contributed by atoms with Crippen LogP contribution in [0.1, 0.15) is 0 Å². The van der Waals surface area contributed by atoms with Gasteiger partial charge in [-0.25, -0.2) is 0 Å². The van der Waals surface area contributed by atoms with Crippen LogP contribution in [0, 0.1) is 0 Å². The summed E-state index contributed by atoms with van der Waals surface area (Å²) in [6.07, 6.45) is 3.68. The molecule has 0 aromatic carbocycles. The molecule has 0 aliphatic rings. The predicted molar refractivity (Wildman–Crippen MR) is 38.5 cm³/mol. The number of ketones is 1. The summed E-state index contributed by atoms with van der Waals surface area (Å²) < 4.78 is 1.80. The summed E-state index contributed by atoms with van der Waals surface area (Å²) in [5.41, 5.74) is 5.13. The van der Waals surface area contributed by atoms with Crippen molar-refractivity contribution in [3.63, 3.8) is 0 Å². The van der Waals surface area contributed by atoms with Crippen LogP contribution in [0.5, 0.6) is 0 Å². The molecular formula is C7H10N2O. The lowest BCUT2D eigenvalue weighted by Gasteiger charge is -1.97. The van der Waals surface area contributed by atoms with E-state index in [9.17, 15) is 4.79 Å². The quantitative estimate of drug-likeness (QED) is 0.640. The molecule has 0 fully saturated rings. The minimum absolute atomic E-state index is 0.0520. The van der Waals surface area contributed by atoms with Gasteiger partial charge in [-0.1, -0.05) is 0 Å². The monoisotopic (exact) mass is 138 g/mol. The molecule has 0 aliphatic carbocycles. The molecule has 0 unspecified atom stereocenters. The first-order chi connectivity index (χ1) is 4.83. The van der Waals surface area contributed by atoms with Crippen molar-refractivity contribution in [1.29, 1.82) is 0 Å². The number of hydrogen-bond acceptors (Lipinski definition) is 2. The van der Waals surface area contributed by atoms with Crippen molar-refractivity contribution in [1.82, 2.24) is 4.57 Å². The Morgan fingerprint density at radius 1 is 1.40 bits per heavy atom. The fourth-order valence-electron chi connectivity index (χ4n) is 0.744. The Bertz CT molecular complexity index is 203. The van der Waals surface area contributed by atoms with Crippen molar-refractivity contribution in [3.8, 4) is 0 Å². The van der Waals surface area contributed by atoms with Crippen LogP contribution in [-0.4, -0.2) is 16.9 Å². The molecule has 3 heteroatoms. The number of nitrogens with two attached hydrogens (primary N) is 1. The molecule has 0 saturated heterocycles. The lowest BCUT2D eigenvalue weighted by molar-refractivity contribution is -0.118. The van der Waals surface area contributed by atoms with Crippen molar-refractivity contribution in [2.24, 2.45) is 5.73 Å². The van der Waals surface area contributed by atoms with Crippen LogP contribution in [-0.2, 0) is 11.3 Å². The van der Waals surface area contributed by atoms with Gasteiger partial charge in [0.25, 0.3) is 0 Å². The zero-order chi connectivity index (χ0) is 7.40. The highest BCUT2D eigenvalue weighted by Crippen LogP contribution is 1.88. The van der Waals surface area contributed by atoms with Gasteiger partial charge in [-0.05, 0) is 12.1 Å². The zero-order valence-corrected chi connectivity index (χ0v) is 5.66. The molecule has 0 atom stereocenters. The van der Waals surface area contributed by atoms with E-state index in [1.54, 1.807) is 4.57 Å². The predicted octanol–water partition coefficient (Wildman–Crippen LogP) is 0.0159. The van der Waals surface area contributed by atoms with Gasteiger partial charge in [0.1, 0.15) is 0 Å². The minimum atomic E-state index is 0.0520. The van der Waals surface area contributed by atoms with E-state index in [2.05, 4.69) is 0 Å². The van der Waals surface area contributed by atoms with Crippen LogP contribution >= 0.6 is 0 Å². The molecule has 1 aromatic heterocycles. The molecular weight excluding hydrogens is 128 g/mol. The molecule has 0 saturated carbocycles. The number of Topliss-reactive ketones (excluding diaryl/α,β-unsaturated/α-hetero) is 1. The van der Waals surface area contributed by atoms with Crippen LogP contribution in [0.15, 0.2) is 24.5 Å². The number of carbonyl (C=O) groups excluding carboxylic acids is 1. The molecule has 0 bridgehead atoms. The van der Waals surface area contributed by atoms with Gasteiger partial charge in [-0.2, -0.15) is 0 Å². The number of rotatable bonds is 3. The normalized spacial score (nSPS) is 9.70. The fraction of sp³-hybridized carbons (Fsp3) is 0.286. The third-order valence-electron chi connectivity index (χ3n) is 1.25. The van der Waals surface area contributed by atoms with Crippen molar-refractivity contribution in [2.75, 3.05) is 6.54 Å². The van der Waals surface area contributed by atoms with E-state index < -0.39 is 0 Å². The summed E-state index contributed by atoms with van der Waals surface area (Å²) in [4.78, 5) is 10.7. The minimum Gasteiger partial charge on any atom is -0.347 e. The van der Waals surface area contributed by atoms with E-state index in [0.717, 1.165) is 0 Å². The molecule has 0 radical (unpaired) electrons. The second-order valence-electron chi connectivity index (χ2n) is 2.10. The first-order valence-corrected chi connectivity index (χ1v) is 3.15. The Labute approximate surface area is 59.4 Å². The Hall–Kier alpha value is -1.09. The van der Waals surface area contributed by atoms with E-state index in [-0.39, 0.29) is 12.3 Å². The van der Waals surface area contributed by atoms with E-state index in [1.807, 2.05) is 24.5 Å². The Morgan fingerprint density at radius 3 is 2.50 bits per heavy atom. The molecule has 54 valence electrons. The first-order valence-electron chi connectivity index (χ1n) is 3.15. The van der Waals surface area contributed by atoms with Crippen LogP contribution < -0.4 is 5.73 Å². The summed E-state index contributed by atoms with van der Waals surface area (Å²) >= 11 is 0. The van der Waals surface area contributed by atoms with Gasteiger partial charge in [-0.3, -0.25) is 4.79 Å². The molecule has 3 nitrogen and oxygen atoms in total. The number of nitrogens with zero attached hydrogens (tertiary/aromatic N) is 1. The maximum absolute atomic E-state index is 10.7. The van der Waals surface area contributed by atoms with Gasteiger partial charge in [0, 0.05) is 12.4 Å². The van der Waals surface area contributed by atoms with Gasteiger partial charge in [0.05, 0.1) is 13.1 Å². The van der Waals surface area contributed by atoms with E-state index in [1.165, 1.54) is 0 Å². The number of carbonyl (C=O) groups is 1. The molecule has 1 aromatic rings. The topological polar surface area (TPSA) is 48.0 Å². The Kier molecular flexibility index (Phi) is 2.23. The van der Waals surface area contributed by atoms with Crippen LogP contribution in [0.4, 0.5) is 0 Å². The van der Waals surface area contributed by atoms with Crippen molar-refractivity contribution >= 4 is 5.78 Å². The van der Waals surface area contributed by atoms with Gasteiger partial charge in [0.15, 0.2) is 5.78 Å². The van der Waals surface area contributed by atoms with E-state index in [4.69, 9.17) is 5.73 Å². The maximum atomic E-state index is 10.7. The average molecular weight is 138 g/mol. The highest BCUT2D eigenvalue weighted by molar-refractivity contribution is 5.79. The third-order valence-corrected chi connectivity index (χ3v) is 1.25. The van der Waals surface area contributed by atoms with Crippen LogP contribution in [0.25, 0.3) is 0 Å². The fourth-order valence-corrected chi connectivity index (χ4v) is 0.744. The lowest BCUT2D eigenvalue weighted by Crippen LogP contribution is -2.18. The van der Waals surface area contributed by atoms with Gasteiger partial charge >= 0.3 is 0 Å². The number of hydrogen-bond donors (Lipinski definition) is 1. The van der Waals surface area contributed by atoms with E-state index >= 15 is 0 Å². The molecule has 2 N–H and O–H groups in total. The smallest absolute Gasteiger partial charge is 0.165 e. The Balaban J connectivity index is 2.48. The van der Waals surface area contributed by atoms with Crippen LogP contribution in [0.2, 0.25) is 0 Å². The maximum Gasteiger partial charge on any atom is 0.165 e. The van der Waals surface area contributed by atoms with Gasteiger partial charge in [0.2, 0.25) is 0 Å². The lowest BCUT2D eigenvalue weighted by atomic mass is 10.4. The second-order valence-corrected chi connectivity index (χ2v) is 2.10. The summed E-state index contributed by atoms with van der Waals surface area (Å²) in [6.45, 7) is 0.516. The summed E-state index contributed by atoms with van der Waals surface area (Å²) in [7, 11) is 0. The molecule has 1 heterocycles. The second kappa shape index (κ2) is 3.17. The SMILES string of the molecule is NCC(=O)Cn1cccc1. The molecule has 0 aliphatic heterocycles. The highest BCUT2D eigenvalue weighted by Gasteiger charge is 1.96. The van der Waals surface area contributed by atoms with E-state index in [0.29, 0.717) is 6.54 Å². The van der Waals surface area contributed by atoms with Gasteiger partial charge < -0.3 is 10.3 Å². The van der Waals surface area contributed by atoms with Crippen molar-refractivity contribution in [3.05, 3.63) is 24.5 Å². The molecule has 10 heavy (non-hydrogen) atoms. The van der Waals surface area contributed by atoms with Crippen molar-refractivity contribution < 1.29 is 4.79 Å². The average Bonchev–Trinajstić information content (AvgIpc) is 2.40. The largest absolute Gasteiger partial charge is 0.347 e. The molecule has 1 rings (SSSR count). The summed E-state index contributed by atoms with van der Waals surface area (Å²) in [5.74, 6) is 0.0520.